The van der Waals surface area contributed by atoms with Crippen molar-refractivity contribution in [2.45, 2.75) is 12.6 Å². The largest absolute Gasteiger partial charge is 0.387 e. The van der Waals surface area contributed by atoms with Gasteiger partial charge in [-0.2, -0.15) is 0 Å². The van der Waals surface area contributed by atoms with Crippen molar-refractivity contribution in [3.8, 4) is 0 Å². The van der Waals surface area contributed by atoms with Crippen molar-refractivity contribution in [1.82, 2.24) is 9.55 Å². The van der Waals surface area contributed by atoms with E-state index in [4.69, 9.17) is 0 Å². The summed E-state index contributed by atoms with van der Waals surface area (Å²) in [5.74, 6) is -0.302. The summed E-state index contributed by atoms with van der Waals surface area (Å²) in [5.41, 5.74) is 2.57. The number of hydrogen-bond donors (Lipinski definition) is 1. The van der Waals surface area contributed by atoms with Gasteiger partial charge in [-0.1, -0.05) is 24.3 Å². The molecule has 0 aliphatic rings. The van der Waals surface area contributed by atoms with Gasteiger partial charge in [-0.25, -0.2) is 9.37 Å². The average molecular weight is 256 g/mol. The van der Waals surface area contributed by atoms with Crippen LogP contribution in [-0.2, 0) is 6.54 Å². The molecule has 0 aliphatic carbocycles. The van der Waals surface area contributed by atoms with Gasteiger partial charge in [-0.05, 0) is 29.8 Å². The van der Waals surface area contributed by atoms with Crippen molar-refractivity contribution in [1.29, 1.82) is 0 Å². The zero-order valence-corrected chi connectivity index (χ0v) is 10.2. The Bertz CT molecular complexity index is 691. The van der Waals surface area contributed by atoms with Crippen LogP contribution in [-0.4, -0.2) is 14.7 Å². The molecule has 3 nitrogen and oxygen atoms in total. The van der Waals surface area contributed by atoms with Crippen molar-refractivity contribution >= 4 is 11.0 Å². The van der Waals surface area contributed by atoms with Gasteiger partial charge in [0.25, 0.3) is 0 Å². The van der Waals surface area contributed by atoms with Crippen LogP contribution in [0.1, 0.15) is 11.7 Å². The van der Waals surface area contributed by atoms with Crippen LogP contribution in [0.15, 0.2) is 54.9 Å². The number of benzene rings is 2. The summed E-state index contributed by atoms with van der Waals surface area (Å²) >= 11 is 0. The number of nitrogens with zero attached hydrogens (tertiary/aromatic N) is 2. The SMILES string of the molecule is O[C@@H](Cn1cnc2ccccc21)c1ccc(F)cc1. The lowest BCUT2D eigenvalue weighted by Crippen LogP contribution is -2.07. The predicted molar refractivity (Wildman–Crippen MR) is 71.1 cm³/mol. The minimum Gasteiger partial charge on any atom is -0.387 e. The number of fused-ring (bicyclic) bond motifs is 1. The minimum absolute atomic E-state index is 0.302. The molecule has 0 fully saturated rings. The molecule has 4 heteroatoms. The lowest BCUT2D eigenvalue weighted by atomic mass is 10.1. The van der Waals surface area contributed by atoms with Gasteiger partial charge in [0, 0.05) is 0 Å². The summed E-state index contributed by atoms with van der Waals surface area (Å²) in [7, 11) is 0. The first kappa shape index (κ1) is 11.9. The molecule has 1 aromatic heterocycles. The molecule has 0 bridgehead atoms. The topological polar surface area (TPSA) is 38.0 Å². The molecule has 19 heavy (non-hydrogen) atoms. The van der Waals surface area contributed by atoms with Crippen molar-refractivity contribution in [3.63, 3.8) is 0 Å². The van der Waals surface area contributed by atoms with Gasteiger partial charge in [0.15, 0.2) is 0 Å². The summed E-state index contributed by atoms with van der Waals surface area (Å²) in [6, 6.07) is 13.6. The molecule has 0 aliphatic heterocycles. The van der Waals surface area contributed by atoms with Crippen molar-refractivity contribution in [2.75, 3.05) is 0 Å². The number of halogens is 1. The third-order valence-corrected chi connectivity index (χ3v) is 3.15. The summed E-state index contributed by atoms with van der Waals surface area (Å²) in [6.07, 6.45) is 1.02. The molecule has 0 saturated heterocycles. The van der Waals surface area contributed by atoms with E-state index < -0.39 is 6.10 Å². The maximum atomic E-state index is 12.8. The molecule has 0 amide bonds. The third kappa shape index (κ3) is 2.35. The van der Waals surface area contributed by atoms with Gasteiger partial charge >= 0.3 is 0 Å². The van der Waals surface area contributed by atoms with Crippen LogP contribution in [0.4, 0.5) is 4.39 Å². The number of aliphatic hydroxyl groups is 1. The zero-order valence-electron chi connectivity index (χ0n) is 10.2. The molecular formula is C15H13FN2O. The van der Waals surface area contributed by atoms with Crippen molar-refractivity contribution in [2.24, 2.45) is 0 Å². The Hall–Kier alpha value is -2.20. The van der Waals surface area contributed by atoms with Gasteiger partial charge in [-0.15, -0.1) is 0 Å². The normalized spacial score (nSPS) is 12.7. The van der Waals surface area contributed by atoms with E-state index in [1.54, 1.807) is 18.5 Å². The molecule has 1 atom stereocenters. The smallest absolute Gasteiger partial charge is 0.123 e. The molecule has 2 aromatic carbocycles. The molecule has 1 N–H and O–H groups in total. The van der Waals surface area contributed by atoms with E-state index >= 15 is 0 Å². The van der Waals surface area contributed by atoms with Crippen LogP contribution < -0.4 is 0 Å². The van der Waals surface area contributed by atoms with E-state index in [0.29, 0.717) is 12.1 Å². The molecule has 3 rings (SSSR count). The standard InChI is InChI=1S/C15H13FN2O/c16-12-7-5-11(6-8-12)15(19)9-18-10-17-13-3-1-2-4-14(13)18/h1-8,10,15,19H,9H2/t15-/m0/s1. The van der Waals surface area contributed by atoms with Gasteiger partial charge in [0.1, 0.15) is 5.82 Å². The Morgan fingerprint density at radius 2 is 1.84 bits per heavy atom. The first-order valence-corrected chi connectivity index (χ1v) is 6.07. The summed E-state index contributed by atoms with van der Waals surface area (Å²) < 4.78 is 14.7. The highest BCUT2D eigenvalue weighted by atomic mass is 19.1. The summed E-state index contributed by atoms with van der Waals surface area (Å²) in [5, 5.41) is 10.2. The van der Waals surface area contributed by atoms with Crippen molar-refractivity contribution < 1.29 is 9.50 Å². The Morgan fingerprint density at radius 1 is 1.11 bits per heavy atom. The van der Waals surface area contributed by atoms with Gasteiger partial charge in [0.2, 0.25) is 0 Å². The van der Waals surface area contributed by atoms with Crippen LogP contribution >= 0.6 is 0 Å². The first-order chi connectivity index (χ1) is 9.24. The fourth-order valence-electron chi connectivity index (χ4n) is 2.13. The quantitative estimate of drug-likeness (QED) is 0.782. The highest BCUT2D eigenvalue weighted by Gasteiger charge is 2.10. The Balaban J connectivity index is 1.86. The van der Waals surface area contributed by atoms with Crippen LogP contribution in [0.5, 0.6) is 0 Å². The Kier molecular flexibility index (Phi) is 3.01. The van der Waals surface area contributed by atoms with Crippen LogP contribution in [0.25, 0.3) is 11.0 Å². The first-order valence-electron chi connectivity index (χ1n) is 6.07. The zero-order chi connectivity index (χ0) is 13.2. The molecule has 3 aromatic rings. The lowest BCUT2D eigenvalue weighted by molar-refractivity contribution is 0.158. The van der Waals surface area contributed by atoms with E-state index in [1.165, 1.54) is 12.1 Å². The highest BCUT2D eigenvalue weighted by Crippen LogP contribution is 2.19. The second-order valence-corrected chi connectivity index (χ2v) is 4.45. The fourth-order valence-corrected chi connectivity index (χ4v) is 2.13. The number of hydrogen-bond acceptors (Lipinski definition) is 2. The summed E-state index contributed by atoms with van der Waals surface area (Å²) in [6.45, 7) is 0.395. The van der Waals surface area contributed by atoms with E-state index in [1.807, 2.05) is 28.8 Å². The van der Waals surface area contributed by atoms with Gasteiger partial charge in [0.05, 0.1) is 30.0 Å². The molecule has 0 spiro atoms. The molecule has 0 radical (unpaired) electrons. The molecule has 0 saturated carbocycles. The fraction of sp³-hybridized carbons (Fsp3) is 0.133. The maximum absolute atomic E-state index is 12.8. The Labute approximate surface area is 109 Å². The molecule has 1 heterocycles. The predicted octanol–water partition coefficient (Wildman–Crippen LogP) is 2.91. The summed E-state index contributed by atoms with van der Waals surface area (Å²) in [4.78, 5) is 4.27. The van der Waals surface area contributed by atoms with Crippen molar-refractivity contribution in [3.05, 3.63) is 66.2 Å². The maximum Gasteiger partial charge on any atom is 0.123 e. The van der Waals surface area contributed by atoms with Crippen LogP contribution in [0.3, 0.4) is 0 Å². The average Bonchev–Trinajstić information content (AvgIpc) is 2.83. The minimum atomic E-state index is -0.682. The van der Waals surface area contributed by atoms with Crippen LogP contribution in [0, 0.1) is 5.82 Å². The molecule has 0 unspecified atom stereocenters. The second kappa shape index (κ2) is 4.82. The molecule has 96 valence electrons. The Morgan fingerprint density at radius 3 is 2.63 bits per heavy atom. The number of aliphatic hydroxyl groups excluding tert-OH is 1. The van der Waals surface area contributed by atoms with Gasteiger partial charge in [-0.3, -0.25) is 0 Å². The highest BCUT2D eigenvalue weighted by molar-refractivity contribution is 5.74. The number of para-hydroxylation sites is 2. The van der Waals surface area contributed by atoms with E-state index in [-0.39, 0.29) is 5.82 Å². The van der Waals surface area contributed by atoms with Gasteiger partial charge < -0.3 is 9.67 Å². The number of rotatable bonds is 3. The second-order valence-electron chi connectivity index (χ2n) is 4.45. The monoisotopic (exact) mass is 256 g/mol. The number of imidazole rings is 1. The van der Waals surface area contributed by atoms with E-state index in [9.17, 15) is 9.50 Å². The van der Waals surface area contributed by atoms with Crippen LogP contribution in [0.2, 0.25) is 0 Å². The van der Waals surface area contributed by atoms with E-state index in [0.717, 1.165) is 11.0 Å². The number of aromatic nitrogens is 2. The lowest BCUT2D eigenvalue weighted by Gasteiger charge is -2.12. The third-order valence-electron chi connectivity index (χ3n) is 3.15. The molecular weight excluding hydrogens is 243 g/mol. The van der Waals surface area contributed by atoms with E-state index in [2.05, 4.69) is 4.98 Å².